The van der Waals surface area contributed by atoms with Crippen molar-refractivity contribution in [1.82, 2.24) is 24.8 Å². The summed E-state index contributed by atoms with van der Waals surface area (Å²) in [4.78, 5) is 37.1. The van der Waals surface area contributed by atoms with Gasteiger partial charge in [0, 0.05) is 29.9 Å². The van der Waals surface area contributed by atoms with E-state index in [9.17, 15) is 9.59 Å². The van der Waals surface area contributed by atoms with Gasteiger partial charge in [-0.05, 0) is 18.9 Å². The molecule has 0 atom stereocenters. The van der Waals surface area contributed by atoms with E-state index in [0.29, 0.717) is 17.3 Å². The molecule has 4 rings (SSSR count). The van der Waals surface area contributed by atoms with Gasteiger partial charge in [-0.2, -0.15) is 0 Å². The van der Waals surface area contributed by atoms with Gasteiger partial charge in [0.2, 0.25) is 5.91 Å². The molecule has 0 saturated heterocycles. The van der Waals surface area contributed by atoms with Crippen LogP contribution in [0.25, 0.3) is 11.3 Å². The molecule has 0 unspecified atom stereocenters. The van der Waals surface area contributed by atoms with Crippen LogP contribution in [0, 0.1) is 0 Å². The predicted molar refractivity (Wildman–Crippen MR) is 92.1 cm³/mol. The highest BCUT2D eigenvalue weighted by Gasteiger charge is 2.25. The minimum atomic E-state index is -0.295. The zero-order valence-corrected chi connectivity index (χ0v) is 14.0. The molecular weight excluding hydrogens is 334 g/mol. The number of carbonyl (C=O) groups is 1. The number of nitrogens with one attached hydrogen (secondary N) is 1. The summed E-state index contributed by atoms with van der Waals surface area (Å²) in [7, 11) is 0. The summed E-state index contributed by atoms with van der Waals surface area (Å²) in [6, 6.07) is 3.30. The first kappa shape index (κ1) is 16.2. The molecule has 1 aliphatic rings. The molecule has 8 heteroatoms. The van der Waals surface area contributed by atoms with Gasteiger partial charge in [0.15, 0.2) is 0 Å². The van der Waals surface area contributed by atoms with Gasteiger partial charge in [0.1, 0.15) is 6.54 Å². The van der Waals surface area contributed by atoms with Gasteiger partial charge in [0.05, 0.1) is 42.5 Å². The van der Waals surface area contributed by atoms with Crippen LogP contribution in [-0.2, 0) is 17.9 Å². The first-order valence-electron chi connectivity index (χ1n) is 8.36. The van der Waals surface area contributed by atoms with Crippen molar-refractivity contribution in [2.45, 2.75) is 31.8 Å². The maximum Gasteiger partial charge on any atom is 0.254 e. The number of carbonyl (C=O) groups excluding carboxylic acids is 1. The van der Waals surface area contributed by atoms with Crippen molar-refractivity contribution in [3.63, 3.8) is 0 Å². The van der Waals surface area contributed by atoms with E-state index in [4.69, 9.17) is 4.42 Å². The van der Waals surface area contributed by atoms with E-state index in [0.717, 1.165) is 24.1 Å². The summed E-state index contributed by atoms with van der Waals surface area (Å²) < 4.78 is 6.37. The molecule has 0 radical (unpaired) electrons. The lowest BCUT2D eigenvalue weighted by Crippen LogP contribution is -2.32. The van der Waals surface area contributed by atoms with Gasteiger partial charge in [-0.3, -0.25) is 24.1 Å². The second kappa shape index (κ2) is 6.91. The highest BCUT2D eigenvalue weighted by Crippen LogP contribution is 2.38. The molecule has 1 N–H and O–H groups in total. The second-order valence-corrected chi connectivity index (χ2v) is 6.19. The van der Waals surface area contributed by atoms with Gasteiger partial charge in [-0.25, -0.2) is 4.98 Å². The fraction of sp³-hybridized carbons (Fsp3) is 0.278. The van der Waals surface area contributed by atoms with Crippen LogP contribution in [0.4, 0.5) is 0 Å². The molecule has 132 valence electrons. The Morgan fingerprint density at radius 1 is 1.27 bits per heavy atom. The molecule has 1 saturated carbocycles. The summed E-state index contributed by atoms with van der Waals surface area (Å²) >= 11 is 0. The molecule has 3 aromatic heterocycles. The Morgan fingerprint density at radius 2 is 2.12 bits per heavy atom. The third-order valence-corrected chi connectivity index (χ3v) is 4.23. The number of aromatic nitrogens is 4. The van der Waals surface area contributed by atoms with E-state index in [1.165, 1.54) is 17.0 Å². The summed E-state index contributed by atoms with van der Waals surface area (Å²) in [5.41, 5.74) is 2.66. The van der Waals surface area contributed by atoms with Gasteiger partial charge in [-0.15, -0.1) is 0 Å². The molecule has 1 aliphatic carbocycles. The third-order valence-electron chi connectivity index (χ3n) is 4.23. The van der Waals surface area contributed by atoms with Crippen LogP contribution in [0.3, 0.4) is 0 Å². The van der Waals surface area contributed by atoms with Crippen LogP contribution in [-0.4, -0.2) is 25.4 Å². The first-order chi connectivity index (χ1) is 12.7. The molecule has 0 spiro atoms. The smallest absolute Gasteiger partial charge is 0.254 e. The monoisotopic (exact) mass is 351 g/mol. The number of rotatable bonds is 6. The van der Waals surface area contributed by atoms with Crippen molar-refractivity contribution < 1.29 is 9.21 Å². The minimum absolute atomic E-state index is 0.0852. The third kappa shape index (κ3) is 3.53. The summed E-state index contributed by atoms with van der Waals surface area (Å²) in [6.07, 6.45) is 9.87. The average Bonchev–Trinajstić information content (AvgIpc) is 3.36. The van der Waals surface area contributed by atoms with Crippen LogP contribution < -0.4 is 10.9 Å². The van der Waals surface area contributed by atoms with Crippen molar-refractivity contribution in [2.24, 2.45) is 0 Å². The number of amides is 1. The van der Waals surface area contributed by atoms with Crippen molar-refractivity contribution in [2.75, 3.05) is 0 Å². The van der Waals surface area contributed by atoms with Crippen molar-refractivity contribution in [1.29, 1.82) is 0 Å². The molecule has 8 nitrogen and oxygen atoms in total. The highest BCUT2D eigenvalue weighted by atomic mass is 16.3. The molecule has 0 aliphatic heterocycles. The van der Waals surface area contributed by atoms with Crippen LogP contribution >= 0.6 is 0 Å². The fourth-order valence-corrected chi connectivity index (χ4v) is 2.69. The van der Waals surface area contributed by atoms with Gasteiger partial charge in [-0.1, -0.05) is 0 Å². The topological polar surface area (TPSA) is 103 Å². The highest BCUT2D eigenvalue weighted by molar-refractivity contribution is 5.76. The van der Waals surface area contributed by atoms with Crippen molar-refractivity contribution in [3.8, 4) is 11.3 Å². The molecular formula is C18H17N5O3. The Kier molecular flexibility index (Phi) is 4.30. The normalized spacial score (nSPS) is 13.5. The largest absolute Gasteiger partial charge is 0.472 e. The Bertz CT molecular complexity index is 976. The zero-order chi connectivity index (χ0) is 17.9. The van der Waals surface area contributed by atoms with E-state index < -0.39 is 0 Å². The van der Waals surface area contributed by atoms with E-state index in [-0.39, 0.29) is 24.6 Å². The molecule has 3 aromatic rings. The zero-order valence-electron chi connectivity index (χ0n) is 14.0. The van der Waals surface area contributed by atoms with Crippen LogP contribution in [0.1, 0.15) is 30.1 Å². The van der Waals surface area contributed by atoms with E-state index in [1.54, 1.807) is 31.0 Å². The summed E-state index contributed by atoms with van der Waals surface area (Å²) in [5.74, 6) is 0.112. The summed E-state index contributed by atoms with van der Waals surface area (Å²) in [5, 5.41) is 2.77. The number of nitrogens with zero attached hydrogens (tertiary/aromatic N) is 4. The Hall–Kier alpha value is -3.29. The number of furan rings is 1. The lowest BCUT2D eigenvalue weighted by molar-refractivity contribution is -0.121. The maximum atomic E-state index is 12.2. The quantitative estimate of drug-likeness (QED) is 0.722. The lowest BCUT2D eigenvalue weighted by atomic mass is 10.2. The van der Waals surface area contributed by atoms with Gasteiger partial charge >= 0.3 is 0 Å². The maximum absolute atomic E-state index is 12.2. The molecule has 3 heterocycles. The SMILES string of the molecule is O=C(Cn1cnc(C2CC2)cc1=O)NCc1nccnc1-c1ccoc1. The minimum Gasteiger partial charge on any atom is -0.472 e. The predicted octanol–water partition coefficient (Wildman–Crippen LogP) is 1.49. The summed E-state index contributed by atoms with van der Waals surface area (Å²) in [6.45, 7) is 0.119. The van der Waals surface area contributed by atoms with E-state index in [1.807, 2.05) is 0 Å². The van der Waals surface area contributed by atoms with Crippen molar-refractivity contribution >= 4 is 5.91 Å². The Morgan fingerprint density at radius 3 is 2.85 bits per heavy atom. The van der Waals surface area contributed by atoms with Gasteiger partial charge in [0.25, 0.3) is 5.56 Å². The lowest BCUT2D eigenvalue weighted by Gasteiger charge is -2.09. The van der Waals surface area contributed by atoms with Crippen LogP contribution in [0.15, 0.2) is 52.6 Å². The molecule has 1 fully saturated rings. The molecule has 0 aromatic carbocycles. The molecule has 0 bridgehead atoms. The first-order valence-corrected chi connectivity index (χ1v) is 8.36. The van der Waals surface area contributed by atoms with Crippen molar-refractivity contribution in [3.05, 3.63) is 65.1 Å². The Balaban J connectivity index is 1.41. The van der Waals surface area contributed by atoms with Crippen LogP contribution in [0.2, 0.25) is 0 Å². The molecule has 1 amide bonds. The van der Waals surface area contributed by atoms with E-state index in [2.05, 4.69) is 20.3 Å². The van der Waals surface area contributed by atoms with Crippen LogP contribution in [0.5, 0.6) is 0 Å². The van der Waals surface area contributed by atoms with Gasteiger partial charge < -0.3 is 9.73 Å². The standard InChI is InChI=1S/C18H17N5O3/c24-16(9-23-11-22-14(7-17(23)25)12-1-2-12)21-8-15-18(20-5-4-19-15)13-3-6-26-10-13/h3-7,10-12H,1-2,8-9H2,(H,21,24). The number of hydrogen-bond donors (Lipinski definition) is 1. The Labute approximate surface area is 148 Å². The fourth-order valence-electron chi connectivity index (χ4n) is 2.69. The average molecular weight is 351 g/mol. The second-order valence-electron chi connectivity index (χ2n) is 6.19. The molecule has 26 heavy (non-hydrogen) atoms. The number of hydrogen-bond acceptors (Lipinski definition) is 6. The van der Waals surface area contributed by atoms with E-state index >= 15 is 0 Å².